The number of carbonyl (C=O) groups excluding carboxylic acids is 1. The zero-order chi connectivity index (χ0) is 13.2. The summed E-state index contributed by atoms with van der Waals surface area (Å²) in [5, 5.41) is 0. The highest BCUT2D eigenvalue weighted by atomic mass is 19.4. The molecule has 98 valence electrons. The fourth-order valence-corrected chi connectivity index (χ4v) is 2.04. The maximum atomic E-state index is 12.9. The molecule has 1 amide bonds. The van der Waals surface area contributed by atoms with Gasteiger partial charge in [-0.1, -0.05) is 6.58 Å². The summed E-state index contributed by atoms with van der Waals surface area (Å²) in [6.07, 6.45) is -3.26. The molecular formula is C11H17F3N2O. The average Bonchev–Trinajstić information content (AvgIpc) is 2.25. The highest BCUT2D eigenvalue weighted by molar-refractivity contribution is 5.87. The van der Waals surface area contributed by atoms with Gasteiger partial charge in [-0.2, -0.15) is 13.2 Å². The Morgan fingerprint density at radius 2 is 2.00 bits per heavy atom. The fraction of sp³-hybridized carbons (Fsp3) is 0.727. The third-order valence-corrected chi connectivity index (χ3v) is 2.95. The summed E-state index contributed by atoms with van der Waals surface area (Å²) in [7, 11) is 0. The van der Waals surface area contributed by atoms with Gasteiger partial charge < -0.3 is 4.90 Å². The molecule has 0 saturated carbocycles. The minimum atomic E-state index is -4.32. The van der Waals surface area contributed by atoms with Crippen LogP contribution in [-0.2, 0) is 4.79 Å². The van der Waals surface area contributed by atoms with E-state index in [0.29, 0.717) is 6.54 Å². The normalized spacial score (nSPS) is 22.9. The molecule has 1 saturated heterocycles. The zero-order valence-electron chi connectivity index (χ0n) is 10.00. The van der Waals surface area contributed by atoms with Gasteiger partial charge in [0, 0.05) is 25.7 Å². The molecule has 0 radical (unpaired) electrons. The van der Waals surface area contributed by atoms with Gasteiger partial charge in [0.05, 0.1) is 0 Å². The molecule has 17 heavy (non-hydrogen) atoms. The van der Waals surface area contributed by atoms with Crippen LogP contribution in [-0.4, -0.2) is 53.6 Å². The largest absolute Gasteiger partial charge is 0.405 e. The SMILES string of the molecule is C=CC(=O)N1CCN(C(C)C)C(C(F)(F)F)C1. The van der Waals surface area contributed by atoms with Crippen LogP contribution in [0.3, 0.4) is 0 Å². The highest BCUT2D eigenvalue weighted by Crippen LogP contribution is 2.29. The lowest BCUT2D eigenvalue weighted by Gasteiger charge is -2.43. The molecule has 1 aliphatic rings. The van der Waals surface area contributed by atoms with Crippen molar-refractivity contribution in [1.29, 1.82) is 0 Å². The monoisotopic (exact) mass is 250 g/mol. The van der Waals surface area contributed by atoms with Crippen molar-refractivity contribution in [2.75, 3.05) is 19.6 Å². The molecule has 1 rings (SSSR count). The first-order chi connectivity index (χ1) is 7.77. The molecule has 0 bridgehead atoms. The van der Waals surface area contributed by atoms with E-state index in [4.69, 9.17) is 0 Å². The number of halogens is 3. The van der Waals surface area contributed by atoms with Gasteiger partial charge in [-0.05, 0) is 19.9 Å². The standard InChI is InChI=1S/C11H17F3N2O/c1-4-10(17)15-5-6-16(8(2)3)9(7-15)11(12,13)14/h4,8-9H,1,5-7H2,2-3H3. The molecule has 3 nitrogen and oxygen atoms in total. The number of amides is 1. The second kappa shape index (κ2) is 5.08. The lowest BCUT2D eigenvalue weighted by molar-refractivity contribution is -0.201. The summed E-state index contributed by atoms with van der Waals surface area (Å²) < 4.78 is 38.7. The molecule has 0 aromatic rings. The van der Waals surface area contributed by atoms with Crippen molar-refractivity contribution in [3.8, 4) is 0 Å². The second-order valence-corrected chi connectivity index (χ2v) is 4.38. The number of hydrogen-bond acceptors (Lipinski definition) is 2. The number of hydrogen-bond donors (Lipinski definition) is 0. The van der Waals surface area contributed by atoms with Gasteiger partial charge in [-0.3, -0.25) is 9.69 Å². The topological polar surface area (TPSA) is 23.6 Å². The van der Waals surface area contributed by atoms with E-state index >= 15 is 0 Å². The van der Waals surface area contributed by atoms with E-state index in [-0.39, 0.29) is 19.1 Å². The Balaban J connectivity index is 2.84. The Morgan fingerprint density at radius 1 is 1.41 bits per heavy atom. The predicted molar refractivity (Wildman–Crippen MR) is 58.5 cm³/mol. The van der Waals surface area contributed by atoms with Crippen molar-refractivity contribution in [1.82, 2.24) is 9.80 Å². The molecule has 0 aromatic carbocycles. The molecule has 0 N–H and O–H groups in total. The lowest BCUT2D eigenvalue weighted by Crippen LogP contribution is -2.61. The predicted octanol–water partition coefficient (Wildman–Crippen LogP) is 1.66. The summed E-state index contributed by atoms with van der Waals surface area (Å²) in [6, 6.07) is -1.78. The smallest absolute Gasteiger partial charge is 0.336 e. The van der Waals surface area contributed by atoms with Crippen LogP contribution in [0, 0.1) is 0 Å². The van der Waals surface area contributed by atoms with Gasteiger partial charge in [0.1, 0.15) is 6.04 Å². The van der Waals surface area contributed by atoms with E-state index in [0.717, 1.165) is 6.08 Å². The quantitative estimate of drug-likeness (QED) is 0.696. The van der Waals surface area contributed by atoms with E-state index in [2.05, 4.69) is 6.58 Å². The summed E-state index contributed by atoms with van der Waals surface area (Å²) in [6.45, 7) is 6.98. The van der Waals surface area contributed by atoms with Crippen LogP contribution in [0.5, 0.6) is 0 Å². The van der Waals surface area contributed by atoms with Crippen LogP contribution in [0.4, 0.5) is 13.2 Å². The van der Waals surface area contributed by atoms with Crippen LogP contribution in [0.1, 0.15) is 13.8 Å². The van der Waals surface area contributed by atoms with Crippen LogP contribution in [0.15, 0.2) is 12.7 Å². The number of carbonyl (C=O) groups is 1. The van der Waals surface area contributed by atoms with E-state index in [9.17, 15) is 18.0 Å². The zero-order valence-corrected chi connectivity index (χ0v) is 10.00. The molecule has 6 heteroatoms. The van der Waals surface area contributed by atoms with E-state index in [1.54, 1.807) is 13.8 Å². The molecule has 1 atom stereocenters. The maximum Gasteiger partial charge on any atom is 0.405 e. The Morgan fingerprint density at radius 3 is 2.41 bits per heavy atom. The summed E-state index contributed by atoms with van der Waals surface area (Å²) in [4.78, 5) is 13.9. The summed E-state index contributed by atoms with van der Waals surface area (Å²) in [5.74, 6) is -0.442. The first-order valence-corrected chi connectivity index (χ1v) is 5.51. The minimum absolute atomic E-state index is 0.192. The van der Waals surface area contributed by atoms with Crippen LogP contribution >= 0.6 is 0 Å². The molecule has 0 aliphatic carbocycles. The third-order valence-electron chi connectivity index (χ3n) is 2.95. The van der Waals surface area contributed by atoms with Gasteiger partial charge >= 0.3 is 6.18 Å². The molecule has 1 aliphatic heterocycles. The Kier molecular flexibility index (Phi) is 4.19. The number of alkyl halides is 3. The number of piperazine rings is 1. The van der Waals surface area contributed by atoms with Gasteiger partial charge in [-0.15, -0.1) is 0 Å². The molecule has 0 spiro atoms. The summed E-state index contributed by atoms with van der Waals surface area (Å²) >= 11 is 0. The highest BCUT2D eigenvalue weighted by Gasteiger charge is 2.47. The Bertz CT molecular complexity index is 302. The van der Waals surface area contributed by atoms with Crippen molar-refractivity contribution < 1.29 is 18.0 Å². The van der Waals surface area contributed by atoms with Crippen LogP contribution in [0.25, 0.3) is 0 Å². The van der Waals surface area contributed by atoms with Crippen LogP contribution in [0.2, 0.25) is 0 Å². The van der Waals surface area contributed by atoms with Gasteiger partial charge in [0.15, 0.2) is 0 Å². The molecule has 1 unspecified atom stereocenters. The van der Waals surface area contributed by atoms with Gasteiger partial charge in [0.25, 0.3) is 0 Å². The Hall–Kier alpha value is -1.04. The molecule has 1 heterocycles. The fourth-order valence-electron chi connectivity index (χ4n) is 2.04. The second-order valence-electron chi connectivity index (χ2n) is 4.38. The van der Waals surface area contributed by atoms with Crippen molar-refractivity contribution in [2.45, 2.75) is 32.1 Å². The molecule has 0 aromatic heterocycles. The van der Waals surface area contributed by atoms with Gasteiger partial charge in [-0.25, -0.2) is 0 Å². The minimum Gasteiger partial charge on any atom is -0.336 e. The number of nitrogens with zero attached hydrogens (tertiary/aromatic N) is 2. The first-order valence-electron chi connectivity index (χ1n) is 5.51. The van der Waals surface area contributed by atoms with Crippen LogP contribution < -0.4 is 0 Å². The first kappa shape index (κ1) is 14.0. The van der Waals surface area contributed by atoms with Gasteiger partial charge in [0.2, 0.25) is 5.91 Å². The van der Waals surface area contributed by atoms with Crippen molar-refractivity contribution in [2.24, 2.45) is 0 Å². The lowest BCUT2D eigenvalue weighted by atomic mass is 10.1. The summed E-state index contributed by atoms with van der Waals surface area (Å²) in [5.41, 5.74) is 0. The van der Waals surface area contributed by atoms with Crippen molar-refractivity contribution in [3.63, 3.8) is 0 Å². The Labute approximate surface area is 98.9 Å². The third kappa shape index (κ3) is 3.21. The number of rotatable bonds is 2. The molecular weight excluding hydrogens is 233 g/mol. The maximum absolute atomic E-state index is 12.9. The van der Waals surface area contributed by atoms with Crippen molar-refractivity contribution in [3.05, 3.63) is 12.7 Å². The van der Waals surface area contributed by atoms with Crippen molar-refractivity contribution >= 4 is 5.91 Å². The molecule has 1 fully saturated rings. The van der Waals surface area contributed by atoms with E-state index < -0.39 is 18.1 Å². The van der Waals surface area contributed by atoms with E-state index in [1.165, 1.54) is 9.80 Å². The average molecular weight is 250 g/mol. The van der Waals surface area contributed by atoms with E-state index in [1.807, 2.05) is 0 Å².